The fourth-order valence-corrected chi connectivity index (χ4v) is 1.24. The highest BCUT2D eigenvalue weighted by Crippen LogP contribution is 2.02. The summed E-state index contributed by atoms with van der Waals surface area (Å²) in [6.07, 6.45) is 0.736. The molecule has 4 nitrogen and oxygen atoms in total. The summed E-state index contributed by atoms with van der Waals surface area (Å²) in [4.78, 5) is 0. The average molecular weight is 192 g/mol. The van der Waals surface area contributed by atoms with Crippen LogP contribution in [0.25, 0.3) is 0 Å². The quantitative estimate of drug-likeness (QED) is 0.325. The number of benzene rings is 1. The second-order valence-corrected chi connectivity index (χ2v) is 3.01. The molecule has 14 heavy (non-hydrogen) atoms. The van der Waals surface area contributed by atoms with Gasteiger partial charge in [-0.25, -0.2) is 5.84 Å². The minimum atomic E-state index is 0.630. The van der Waals surface area contributed by atoms with Crippen molar-refractivity contribution in [1.82, 2.24) is 5.01 Å². The van der Waals surface area contributed by atoms with Crippen molar-refractivity contribution < 1.29 is 0 Å². The molecule has 4 N–H and O–H groups in total. The van der Waals surface area contributed by atoms with Crippen LogP contribution in [-0.4, -0.2) is 10.8 Å². The van der Waals surface area contributed by atoms with Crippen LogP contribution in [0.1, 0.15) is 18.9 Å². The SMILES string of the molecule is CC/C(=N/N)N(N)Cc1ccccc1. The monoisotopic (exact) mass is 192 g/mol. The lowest BCUT2D eigenvalue weighted by atomic mass is 10.2. The Morgan fingerprint density at radius 3 is 2.50 bits per heavy atom. The number of hydrazine groups is 1. The Balaban J connectivity index is 2.61. The molecule has 76 valence electrons. The van der Waals surface area contributed by atoms with E-state index in [0.29, 0.717) is 12.4 Å². The summed E-state index contributed by atoms with van der Waals surface area (Å²) in [5, 5.41) is 5.19. The van der Waals surface area contributed by atoms with E-state index in [1.54, 1.807) is 5.01 Å². The summed E-state index contributed by atoms with van der Waals surface area (Å²) in [6.45, 7) is 2.60. The van der Waals surface area contributed by atoms with Crippen LogP contribution in [0.4, 0.5) is 0 Å². The van der Waals surface area contributed by atoms with E-state index in [1.165, 1.54) is 0 Å². The van der Waals surface area contributed by atoms with Gasteiger partial charge in [-0.05, 0) is 5.56 Å². The normalized spacial score (nSPS) is 11.4. The molecule has 1 aromatic carbocycles. The fraction of sp³-hybridized carbons (Fsp3) is 0.300. The Hall–Kier alpha value is -1.55. The van der Waals surface area contributed by atoms with Crippen molar-refractivity contribution in [1.29, 1.82) is 0 Å². The van der Waals surface area contributed by atoms with Gasteiger partial charge in [0.1, 0.15) is 5.84 Å². The Kier molecular flexibility index (Phi) is 3.94. The third-order valence-electron chi connectivity index (χ3n) is 1.99. The summed E-state index contributed by atoms with van der Waals surface area (Å²) in [6, 6.07) is 9.97. The number of hydrogen-bond acceptors (Lipinski definition) is 3. The fourth-order valence-electron chi connectivity index (χ4n) is 1.24. The lowest BCUT2D eigenvalue weighted by Gasteiger charge is -2.18. The second-order valence-electron chi connectivity index (χ2n) is 3.01. The molecule has 0 spiro atoms. The zero-order valence-electron chi connectivity index (χ0n) is 8.35. The van der Waals surface area contributed by atoms with E-state index in [9.17, 15) is 0 Å². The van der Waals surface area contributed by atoms with Gasteiger partial charge < -0.3 is 5.84 Å². The largest absolute Gasteiger partial charge is 0.322 e. The highest BCUT2D eigenvalue weighted by molar-refractivity contribution is 5.81. The van der Waals surface area contributed by atoms with Gasteiger partial charge in [0.05, 0.1) is 6.54 Å². The third kappa shape index (κ3) is 2.74. The number of hydrazone groups is 1. The van der Waals surface area contributed by atoms with Gasteiger partial charge in [-0.3, -0.25) is 5.01 Å². The molecule has 4 heteroatoms. The highest BCUT2D eigenvalue weighted by atomic mass is 15.4. The van der Waals surface area contributed by atoms with E-state index < -0.39 is 0 Å². The Labute approximate surface area is 84.2 Å². The zero-order chi connectivity index (χ0) is 10.4. The molecule has 0 heterocycles. The molecular formula is C10H16N4. The van der Waals surface area contributed by atoms with Crippen molar-refractivity contribution in [2.24, 2.45) is 16.8 Å². The molecule has 0 aliphatic carbocycles. The van der Waals surface area contributed by atoms with E-state index in [0.717, 1.165) is 12.0 Å². The zero-order valence-corrected chi connectivity index (χ0v) is 8.35. The molecule has 0 saturated heterocycles. The van der Waals surface area contributed by atoms with Crippen molar-refractivity contribution in [2.75, 3.05) is 0 Å². The predicted octanol–water partition coefficient (Wildman–Crippen LogP) is 1.04. The van der Waals surface area contributed by atoms with Crippen molar-refractivity contribution in [3.05, 3.63) is 35.9 Å². The minimum Gasteiger partial charge on any atom is -0.322 e. The van der Waals surface area contributed by atoms with Crippen LogP contribution in [0.15, 0.2) is 35.4 Å². The summed E-state index contributed by atoms with van der Waals surface area (Å²) >= 11 is 0. The lowest BCUT2D eigenvalue weighted by Crippen LogP contribution is -2.37. The molecule has 1 aromatic rings. The lowest BCUT2D eigenvalue weighted by molar-refractivity contribution is 0.424. The highest BCUT2D eigenvalue weighted by Gasteiger charge is 2.04. The molecule has 0 saturated carbocycles. The Morgan fingerprint density at radius 1 is 1.36 bits per heavy atom. The van der Waals surface area contributed by atoms with Crippen LogP contribution < -0.4 is 11.7 Å². The smallest absolute Gasteiger partial charge is 0.138 e. The van der Waals surface area contributed by atoms with Gasteiger partial charge >= 0.3 is 0 Å². The van der Waals surface area contributed by atoms with E-state index >= 15 is 0 Å². The third-order valence-corrected chi connectivity index (χ3v) is 1.99. The molecule has 1 rings (SSSR count). The van der Waals surface area contributed by atoms with E-state index in [-0.39, 0.29) is 0 Å². The summed E-state index contributed by atoms with van der Waals surface area (Å²) in [5.41, 5.74) is 1.14. The first kappa shape index (κ1) is 10.5. The number of nitrogens with zero attached hydrogens (tertiary/aromatic N) is 2. The second kappa shape index (κ2) is 5.24. The molecule has 0 radical (unpaired) electrons. The number of rotatable bonds is 3. The average Bonchev–Trinajstić information content (AvgIpc) is 2.21. The van der Waals surface area contributed by atoms with Crippen molar-refractivity contribution >= 4 is 5.84 Å². The van der Waals surface area contributed by atoms with Crippen molar-refractivity contribution in [3.8, 4) is 0 Å². The molecule has 0 aliphatic rings. The van der Waals surface area contributed by atoms with Gasteiger partial charge in [-0.15, -0.1) is 0 Å². The summed E-state index contributed by atoms with van der Waals surface area (Å²) < 4.78 is 0. The van der Waals surface area contributed by atoms with Gasteiger partial charge in [0, 0.05) is 6.42 Å². The van der Waals surface area contributed by atoms with Crippen LogP contribution in [0.3, 0.4) is 0 Å². The maximum absolute atomic E-state index is 5.79. The standard InChI is InChI=1S/C10H16N4/c1-2-10(13-11)14(12)8-9-6-4-3-5-7-9/h3-7H,2,8,11-12H2,1H3/b13-10-. The van der Waals surface area contributed by atoms with Crippen molar-refractivity contribution in [2.45, 2.75) is 19.9 Å². The number of hydrogen-bond donors (Lipinski definition) is 2. The molecule has 0 bridgehead atoms. The summed E-state index contributed by atoms with van der Waals surface area (Å²) in [7, 11) is 0. The first-order valence-corrected chi connectivity index (χ1v) is 4.60. The molecule has 0 amide bonds. The van der Waals surface area contributed by atoms with Crippen LogP contribution in [0, 0.1) is 0 Å². The van der Waals surface area contributed by atoms with Crippen LogP contribution >= 0.6 is 0 Å². The van der Waals surface area contributed by atoms with Gasteiger partial charge in [-0.1, -0.05) is 37.3 Å². The van der Waals surface area contributed by atoms with Gasteiger partial charge in [-0.2, -0.15) is 5.10 Å². The van der Waals surface area contributed by atoms with Crippen LogP contribution in [0.2, 0.25) is 0 Å². The molecular weight excluding hydrogens is 176 g/mol. The molecule has 0 aliphatic heterocycles. The minimum absolute atomic E-state index is 0.630. The first-order chi connectivity index (χ1) is 6.77. The maximum atomic E-state index is 5.79. The maximum Gasteiger partial charge on any atom is 0.138 e. The van der Waals surface area contributed by atoms with E-state index in [4.69, 9.17) is 11.7 Å². The van der Waals surface area contributed by atoms with E-state index in [1.807, 2.05) is 37.3 Å². The molecule has 0 fully saturated rings. The van der Waals surface area contributed by atoms with Gasteiger partial charge in [0.2, 0.25) is 0 Å². The first-order valence-electron chi connectivity index (χ1n) is 4.60. The Morgan fingerprint density at radius 2 is 2.00 bits per heavy atom. The van der Waals surface area contributed by atoms with Gasteiger partial charge in [0.15, 0.2) is 0 Å². The summed E-state index contributed by atoms with van der Waals surface area (Å²) in [5.74, 6) is 11.7. The molecule has 0 aromatic heterocycles. The number of amidine groups is 1. The number of nitrogens with two attached hydrogens (primary N) is 2. The topological polar surface area (TPSA) is 67.6 Å². The van der Waals surface area contributed by atoms with Crippen LogP contribution in [0.5, 0.6) is 0 Å². The van der Waals surface area contributed by atoms with Crippen molar-refractivity contribution in [3.63, 3.8) is 0 Å². The molecule has 0 atom stereocenters. The predicted molar refractivity (Wildman–Crippen MR) is 58.1 cm³/mol. The molecule has 0 unspecified atom stereocenters. The van der Waals surface area contributed by atoms with Gasteiger partial charge in [0.25, 0.3) is 0 Å². The van der Waals surface area contributed by atoms with E-state index in [2.05, 4.69) is 5.10 Å². The van der Waals surface area contributed by atoms with Crippen LogP contribution in [-0.2, 0) is 6.54 Å². The Bertz CT molecular complexity index is 294.